The van der Waals surface area contributed by atoms with Gasteiger partial charge in [0.05, 0.1) is 0 Å². The van der Waals surface area contributed by atoms with E-state index in [9.17, 15) is 0 Å². The van der Waals surface area contributed by atoms with Crippen LogP contribution in [0.3, 0.4) is 0 Å². The number of halogens is 5. The Morgan fingerprint density at radius 1 is 1.20 bits per heavy atom. The predicted octanol–water partition coefficient (Wildman–Crippen LogP) is 5.68. The molecule has 0 aliphatic carbocycles. The van der Waals surface area contributed by atoms with E-state index in [1.165, 1.54) is 0 Å². The van der Waals surface area contributed by atoms with Crippen LogP contribution >= 0.6 is 55.4 Å². The molecule has 1 aliphatic rings. The standard InChI is InChI=1S/C8H15Cl5Si2/c1-8(2,3)5-6-4-7(14(6,9)10)15(11,12)13/h6-7H,4-5H2,1-3H3/t6-,7-/m0/s1. The average molecular weight is 345 g/mol. The summed E-state index contributed by atoms with van der Waals surface area (Å²) >= 11 is 30.8. The summed E-state index contributed by atoms with van der Waals surface area (Å²) in [4.78, 5) is 0. The van der Waals surface area contributed by atoms with Gasteiger partial charge in [0.25, 0.3) is 6.69 Å². The molecular formula is C8H15Cl5Si2. The molecule has 1 heterocycles. The van der Waals surface area contributed by atoms with Crippen LogP contribution in [0.15, 0.2) is 0 Å². The van der Waals surface area contributed by atoms with Crippen LogP contribution in [0.2, 0.25) is 10.7 Å². The monoisotopic (exact) mass is 342 g/mol. The smallest absolute Gasteiger partial charge is 0.145 e. The van der Waals surface area contributed by atoms with Crippen LogP contribution in [-0.2, 0) is 0 Å². The maximum atomic E-state index is 6.41. The molecule has 7 heteroatoms. The highest BCUT2D eigenvalue weighted by Gasteiger charge is 2.64. The van der Waals surface area contributed by atoms with Crippen molar-refractivity contribution in [3.63, 3.8) is 0 Å². The summed E-state index contributed by atoms with van der Waals surface area (Å²) in [5.74, 6) is 0. The molecule has 0 bridgehead atoms. The fraction of sp³-hybridized carbons (Fsp3) is 1.00. The Bertz CT molecular complexity index is 242. The molecule has 1 fully saturated rings. The third-order valence-electron chi connectivity index (χ3n) is 2.78. The Morgan fingerprint density at radius 2 is 1.67 bits per heavy atom. The molecule has 0 amide bonds. The minimum Gasteiger partial charge on any atom is -0.145 e. The van der Waals surface area contributed by atoms with E-state index < -0.39 is 12.7 Å². The van der Waals surface area contributed by atoms with Crippen molar-refractivity contribution in [3.8, 4) is 0 Å². The van der Waals surface area contributed by atoms with Crippen LogP contribution in [0, 0.1) is 5.41 Å². The zero-order chi connectivity index (χ0) is 12.1. The minimum atomic E-state index is -2.71. The lowest BCUT2D eigenvalue weighted by Crippen LogP contribution is -2.52. The van der Waals surface area contributed by atoms with Crippen LogP contribution in [0.4, 0.5) is 0 Å². The molecule has 0 spiro atoms. The molecule has 0 aromatic carbocycles. The molecule has 1 saturated heterocycles. The minimum absolute atomic E-state index is 0.00526. The van der Waals surface area contributed by atoms with Crippen LogP contribution in [0.25, 0.3) is 0 Å². The second-order valence-corrected chi connectivity index (χ2v) is 22.1. The van der Waals surface area contributed by atoms with Crippen molar-refractivity contribution < 1.29 is 0 Å². The molecule has 15 heavy (non-hydrogen) atoms. The molecular weight excluding hydrogens is 330 g/mol. The third kappa shape index (κ3) is 3.67. The molecule has 90 valence electrons. The lowest BCUT2D eigenvalue weighted by Gasteiger charge is -2.49. The van der Waals surface area contributed by atoms with Crippen molar-refractivity contribution in [1.29, 1.82) is 0 Å². The third-order valence-corrected chi connectivity index (χ3v) is 17.7. The van der Waals surface area contributed by atoms with Crippen LogP contribution in [0.1, 0.15) is 33.6 Å². The average Bonchev–Trinajstić information content (AvgIpc) is 1.93. The number of hydrogen-bond acceptors (Lipinski definition) is 0. The van der Waals surface area contributed by atoms with Gasteiger partial charge in [0.15, 0.2) is 0 Å². The second-order valence-electron chi connectivity index (χ2n) is 5.47. The lowest BCUT2D eigenvalue weighted by molar-refractivity contribution is 0.348. The van der Waals surface area contributed by atoms with Gasteiger partial charge in [-0.1, -0.05) is 20.8 Å². The summed E-state index contributed by atoms with van der Waals surface area (Å²) < 4.78 is 0. The van der Waals surface area contributed by atoms with Crippen molar-refractivity contribution in [2.24, 2.45) is 5.41 Å². The van der Waals surface area contributed by atoms with E-state index >= 15 is 0 Å². The maximum absolute atomic E-state index is 6.41. The SMILES string of the molecule is CC(C)(C)C[C@@H]1C[C@H]([Si](Cl)(Cl)Cl)[Si]1(Cl)Cl. The Labute approximate surface area is 117 Å². The first kappa shape index (κ1) is 14.9. The first-order valence-electron chi connectivity index (χ1n) is 4.89. The molecule has 0 N–H and O–H groups in total. The van der Waals surface area contributed by atoms with E-state index in [4.69, 9.17) is 55.4 Å². The summed E-state index contributed by atoms with van der Waals surface area (Å²) in [5, 5.41) is 0.00526. The maximum Gasteiger partial charge on any atom is 0.344 e. The molecule has 1 aliphatic heterocycles. The van der Waals surface area contributed by atoms with Crippen molar-refractivity contribution in [2.75, 3.05) is 0 Å². The van der Waals surface area contributed by atoms with Gasteiger partial charge in [-0.05, 0) is 23.8 Å². The van der Waals surface area contributed by atoms with Gasteiger partial charge in [-0.3, -0.25) is 0 Å². The van der Waals surface area contributed by atoms with E-state index in [0.29, 0.717) is 5.54 Å². The summed E-state index contributed by atoms with van der Waals surface area (Å²) in [5.41, 5.74) is 0.626. The molecule has 1 rings (SSSR count). The largest absolute Gasteiger partial charge is 0.344 e. The van der Waals surface area contributed by atoms with Gasteiger partial charge in [0.1, 0.15) is 0 Å². The Balaban J connectivity index is 2.64. The second kappa shape index (κ2) is 4.53. The highest BCUT2D eigenvalue weighted by Crippen LogP contribution is 2.65. The van der Waals surface area contributed by atoms with Crippen molar-refractivity contribution >= 4 is 68.1 Å². The molecule has 0 aromatic heterocycles. The molecule has 0 unspecified atom stereocenters. The van der Waals surface area contributed by atoms with E-state index in [-0.39, 0.29) is 10.6 Å². The van der Waals surface area contributed by atoms with Gasteiger partial charge in [-0.2, -0.15) is 0 Å². The summed E-state index contributed by atoms with van der Waals surface area (Å²) in [6.07, 6.45) is 1.93. The van der Waals surface area contributed by atoms with Gasteiger partial charge >= 0.3 is 6.00 Å². The Hall–Kier alpha value is 1.88. The highest BCUT2D eigenvalue weighted by molar-refractivity contribution is 7.70. The van der Waals surface area contributed by atoms with Crippen molar-refractivity contribution in [3.05, 3.63) is 0 Å². The number of rotatable bonds is 2. The Morgan fingerprint density at radius 3 is 1.93 bits per heavy atom. The molecule has 0 radical (unpaired) electrons. The van der Waals surface area contributed by atoms with E-state index in [0.717, 1.165) is 12.8 Å². The van der Waals surface area contributed by atoms with Gasteiger partial charge < -0.3 is 0 Å². The molecule has 0 nitrogen and oxygen atoms in total. The van der Waals surface area contributed by atoms with Crippen LogP contribution in [-0.4, -0.2) is 12.7 Å². The van der Waals surface area contributed by atoms with Crippen LogP contribution in [0.5, 0.6) is 0 Å². The first-order valence-corrected chi connectivity index (χ1v) is 14.2. The quantitative estimate of drug-likeness (QED) is 0.446. The van der Waals surface area contributed by atoms with E-state index in [1.807, 2.05) is 0 Å². The summed E-state index contributed by atoms with van der Waals surface area (Å²) in [6.45, 7) is 4.21. The predicted molar refractivity (Wildman–Crippen MR) is 77.0 cm³/mol. The fourth-order valence-electron chi connectivity index (χ4n) is 2.03. The van der Waals surface area contributed by atoms with Gasteiger partial charge in [0, 0.05) is 5.16 Å². The van der Waals surface area contributed by atoms with Crippen molar-refractivity contribution in [1.82, 2.24) is 0 Å². The zero-order valence-electron chi connectivity index (χ0n) is 8.96. The van der Waals surface area contributed by atoms with E-state index in [2.05, 4.69) is 20.8 Å². The van der Waals surface area contributed by atoms with Crippen molar-refractivity contribution in [2.45, 2.75) is 44.3 Å². The van der Waals surface area contributed by atoms with Gasteiger partial charge in [-0.15, -0.1) is 55.4 Å². The highest BCUT2D eigenvalue weighted by atomic mass is 35.8. The van der Waals surface area contributed by atoms with Gasteiger partial charge in [0.2, 0.25) is 0 Å². The summed E-state index contributed by atoms with van der Waals surface area (Å²) in [6, 6.07) is -2.71. The normalized spacial score (nSPS) is 31.2. The number of hydrogen-bond donors (Lipinski definition) is 0. The van der Waals surface area contributed by atoms with E-state index in [1.54, 1.807) is 0 Å². The summed E-state index contributed by atoms with van der Waals surface area (Å²) in [7, 11) is 0. The first-order chi connectivity index (χ1) is 6.44. The zero-order valence-corrected chi connectivity index (χ0v) is 14.7. The Kier molecular flexibility index (Phi) is 4.51. The van der Waals surface area contributed by atoms with Gasteiger partial charge in [-0.25, -0.2) is 0 Å². The topological polar surface area (TPSA) is 0 Å². The molecule has 0 aromatic rings. The van der Waals surface area contributed by atoms with Crippen LogP contribution < -0.4 is 0 Å². The lowest BCUT2D eigenvalue weighted by atomic mass is 9.89. The molecule has 0 saturated carbocycles. The fourth-order valence-corrected chi connectivity index (χ4v) is 20.4. The molecule has 2 atom stereocenters.